The Morgan fingerprint density at radius 2 is 1.91 bits per heavy atom. The molecular weight excluding hydrogens is 379 g/mol. The number of amides is 2. The minimum atomic E-state index is -4.12. The largest absolute Gasteiger partial charge is 0.369 e. The summed E-state index contributed by atoms with van der Waals surface area (Å²) in [7, 11) is -4.12. The lowest BCUT2D eigenvalue weighted by Crippen LogP contribution is -2.48. The fraction of sp³-hybridized carbons (Fsp3) is 0.273. The van der Waals surface area contributed by atoms with Gasteiger partial charge in [-0.2, -0.15) is 0 Å². The molecule has 0 fully saturated rings. The van der Waals surface area contributed by atoms with Crippen LogP contribution in [0.4, 0.5) is 0 Å². The van der Waals surface area contributed by atoms with Gasteiger partial charge in [-0.05, 0) is 12.1 Å². The summed E-state index contributed by atoms with van der Waals surface area (Å²) in [6.07, 6.45) is -1.85. The molecule has 0 spiro atoms. The molecule has 1 aliphatic rings. The van der Waals surface area contributed by atoms with E-state index in [-0.39, 0.29) is 10.5 Å². The zero-order valence-electron chi connectivity index (χ0n) is 10.7. The van der Waals surface area contributed by atoms with Crippen LogP contribution in [0.2, 0.25) is 0 Å². The monoisotopic (exact) mass is 386 g/mol. The van der Waals surface area contributed by atoms with Crippen LogP contribution in [0, 0.1) is 0 Å². The minimum Gasteiger partial charge on any atom is -0.369 e. The number of carbonyl (C=O) groups excluding carboxylic acids is 2. The number of fused-ring (bicyclic) bond motifs is 1. The molecule has 0 bridgehead atoms. The van der Waals surface area contributed by atoms with E-state index in [0.717, 1.165) is 0 Å². The normalized spacial score (nSPS) is 18.0. The van der Waals surface area contributed by atoms with Gasteiger partial charge in [0.15, 0.2) is 6.23 Å². The van der Waals surface area contributed by atoms with Crippen molar-refractivity contribution < 1.29 is 23.1 Å². The molecule has 0 aliphatic carbocycles. The van der Waals surface area contributed by atoms with Crippen LogP contribution in [0.5, 0.6) is 0 Å². The minimum absolute atomic E-state index is 0.0303. The quantitative estimate of drug-likeness (QED) is 0.585. The second kappa shape index (κ2) is 5.86. The van der Waals surface area contributed by atoms with Crippen molar-refractivity contribution >= 4 is 56.6 Å². The number of nitrogens with one attached hydrogen (secondary N) is 1. The van der Waals surface area contributed by atoms with Crippen LogP contribution in [0.15, 0.2) is 29.2 Å². The van der Waals surface area contributed by atoms with Gasteiger partial charge >= 0.3 is 0 Å². The first-order valence-electron chi connectivity index (χ1n) is 5.75. The number of benzene rings is 1. The maximum Gasteiger partial charge on any atom is 0.269 e. The van der Waals surface area contributed by atoms with Crippen molar-refractivity contribution in [3.8, 4) is 0 Å². The molecule has 0 unspecified atom stereocenters. The first kappa shape index (κ1) is 17.3. The highest BCUT2D eigenvalue weighted by Crippen LogP contribution is 2.30. The van der Waals surface area contributed by atoms with Crippen LogP contribution in [0.25, 0.3) is 0 Å². The van der Waals surface area contributed by atoms with Gasteiger partial charge in [0.2, 0.25) is 9.70 Å². The maximum absolute atomic E-state index is 12.2. The highest BCUT2D eigenvalue weighted by atomic mass is 35.6. The number of hydrogen-bond acceptors (Lipinski definition) is 5. The summed E-state index contributed by atoms with van der Waals surface area (Å²) < 4.78 is 22.6. The Kier molecular flexibility index (Phi) is 4.61. The summed E-state index contributed by atoms with van der Waals surface area (Å²) in [5.74, 6) is -1.84. The lowest BCUT2D eigenvalue weighted by molar-refractivity contribution is -0.123. The average molecular weight is 388 g/mol. The van der Waals surface area contributed by atoms with Crippen LogP contribution in [-0.2, 0) is 14.8 Å². The first-order chi connectivity index (χ1) is 10.0. The number of aliphatic hydroxyl groups is 1. The highest BCUT2D eigenvalue weighted by molar-refractivity contribution is 7.90. The Balaban J connectivity index is 2.19. The molecule has 1 heterocycles. The summed E-state index contributed by atoms with van der Waals surface area (Å²) >= 11 is 16.1. The van der Waals surface area contributed by atoms with E-state index in [1.807, 2.05) is 5.32 Å². The topological polar surface area (TPSA) is 104 Å². The van der Waals surface area contributed by atoms with Gasteiger partial charge in [-0.25, -0.2) is 12.7 Å². The number of aliphatic hydroxyl groups excluding tert-OH is 1. The third-order valence-electron chi connectivity index (χ3n) is 2.81. The lowest BCUT2D eigenvalue weighted by atomic mass is 10.2. The predicted molar refractivity (Wildman–Crippen MR) is 79.1 cm³/mol. The lowest BCUT2D eigenvalue weighted by Gasteiger charge is -2.21. The Labute approximate surface area is 140 Å². The zero-order chi connectivity index (χ0) is 16.7. The van der Waals surface area contributed by atoms with Crippen molar-refractivity contribution in [3.63, 3.8) is 0 Å². The molecule has 1 aliphatic heterocycles. The number of sulfonamides is 1. The van der Waals surface area contributed by atoms with Crippen LogP contribution < -0.4 is 5.32 Å². The predicted octanol–water partition coefficient (Wildman–Crippen LogP) is 0.636. The molecule has 1 aromatic carbocycles. The average Bonchev–Trinajstić information content (AvgIpc) is 2.60. The van der Waals surface area contributed by atoms with Crippen LogP contribution >= 0.6 is 34.8 Å². The Bertz CT molecular complexity index is 731. The van der Waals surface area contributed by atoms with E-state index in [1.165, 1.54) is 24.3 Å². The standard InChI is InChI=1S/C11H9Cl3N2O5S/c12-11(13,14)10(19)15-8(17)5-16-9(18)6-3-1-2-4-7(6)22(16,20)21/h1-4,10,19H,5H2,(H,15,17)/t10-/m0/s1. The number of hydrogen-bond donors (Lipinski definition) is 2. The van der Waals surface area contributed by atoms with E-state index < -0.39 is 38.4 Å². The number of alkyl halides is 3. The summed E-state index contributed by atoms with van der Waals surface area (Å²) in [6.45, 7) is -0.840. The van der Waals surface area contributed by atoms with E-state index in [0.29, 0.717) is 4.31 Å². The van der Waals surface area contributed by atoms with E-state index in [4.69, 9.17) is 34.8 Å². The van der Waals surface area contributed by atoms with Gasteiger partial charge in [0.25, 0.3) is 15.9 Å². The Morgan fingerprint density at radius 1 is 1.32 bits per heavy atom. The Morgan fingerprint density at radius 3 is 2.45 bits per heavy atom. The molecule has 11 heteroatoms. The number of halogens is 3. The van der Waals surface area contributed by atoms with Gasteiger partial charge in [-0.15, -0.1) is 0 Å². The fourth-order valence-electron chi connectivity index (χ4n) is 1.80. The van der Waals surface area contributed by atoms with Crippen molar-refractivity contribution in [2.75, 3.05) is 6.54 Å². The summed E-state index contributed by atoms with van der Waals surface area (Å²) in [5.41, 5.74) is -0.0303. The molecule has 0 radical (unpaired) electrons. The summed E-state index contributed by atoms with van der Waals surface area (Å²) in [5, 5.41) is 11.3. The molecule has 120 valence electrons. The van der Waals surface area contributed by atoms with Crippen molar-refractivity contribution in [2.24, 2.45) is 0 Å². The molecule has 0 saturated carbocycles. The molecule has 0 aromatic heterocycles. The van der Waals surface area contributed by atoms with Gasteiger partial charge in [-0.3, -0.25) is 9.59 Å². The number of rotatable bonds is 3. The van der Waals surface area contributed by atoms with Gasteiger partial charge < -0.3 is 10.4 Å². The fourth-order valence-corrected chi connectivity index (χ4v) is 3.49. The van der Waals surface area contributed by atoms with Gasteiger partial charge in [0, 0.05) is 0 Å². The molecule has 22 heavy (non-hydrogen) atoms. The SMILES string of the molecule is O=C(CN1C(=O)c2ccccc2S1(=O)=O)N[C@@H](O)C(Cl)(Cl)Cl. The van der Waals surface area contributed by atoms with E-state index in [2.05, 4.69) is 0 Å². The van der Waals surface area contributed by atoms with Crippen molar-refractivity contribution in [2.45, 2.75) is 14.9 Å². The maximum atomic E-state index is 12.2. The number of nitrogens with zero attached hydrogens (tertiary/aromatic N) is 1. The van der Waals surface area contributed by atoms with Crippen molar-refractivity contribution in [1.82, 2.24) is 9.62 Å². The van der Waals surface area contributed by atoms with E-state index in [1.54, 1.807) is 0 Å². The second-order valence-corrected chi connectivity index (χ2v) is 8.52. The first-order valence-corrected chi connectivity index (χ1v) is 8.33. The highest BCUT2D eigenvalue weighted by Gasteiger charge is 2.42. The summed E-state index contributed by atoms with van der Waals surface area (Å²) in [6, 6.07) is 5.56. The molecule has 2 rings (SSSR count). The molecule has 1 atom stereocenters. The van der Waals surface area contributed by atoms with Crippen molar-refractivity contribution in [3.05, 3.63) is 29.8 Å². The smallest absolute Gasteiger partial charge is 0.269 e. The van der Waals surface area contributed by atoms with Crippen LogP contribution in [0.1, 0.15) is 10.4 Å². The molecule has 2 N–H and O–H groups in total. The molecule has 2 amide bonds. The molecule has 7 nitrogen and oxygen atoms in total. The van der Waals surface area contributed by atoms with E-state index in [9.17, 15) is 23.1 Å². The van der Waals surface area contributed by atoms with Crippen LogP contribution in [-0.4, -0.2) is 46.2 Å². The van der Waals surface area contributed by atoms with Gasteiger partial charge in [0.05, 0.1) is 5.56 Å². The van der Waals surface area contributed by atoms with Gasteiger partial charge in [0.1, 0.15) is 11.4 Å². The molecule has 1 aromatic rings. The third-order valence-corrected chi connectivity index (χ3v) is 5.21. The second-order valence-electron chi connectivity index (χ2n) is 4.32. The zero-order valence-corrected chi connectivity index (χ0v) is 13.7. The third kappa shape index (κ3) is 3.16. The van der Waals surface area contributed by atoms with Crippen molar-refractivity contribution in [1.29, 1.82) is 0 Å². The Hall–Kier alpha value is -1.06. The molecule has 0 saturated heterocycles. The van der Waals surface area contributed by atoms with Crippen LogP contribution in [0.3, 0.4) is 0 Å². The number of carbonyl (C=O) groups is 2. The molecular formula is C11H9Cl3N2O5S. The van der Waals surface area contributed by atoms with Gasteiger partial charge in [-0.1, -0.05) is 46.9 Å². The summed E-state index contributed by atoms with van der Waals surface area (Å²) in [4.78, 5) is 23.6. The van der Waals surface area contributed by atoms with E-state index >= 15 is 0 Å².